The first-order valence-electron chi connectivity index (χ1n) is 9.56. The van der Waals surface area contributed by atoms with Gasteiger partial charge < -0.3 is 14.5 Å². The number of piperidine rings is 1. The maximum Gasteiger partial charge on any atom is 0.493 e. The Kier molecular flexibility index (Phi) is 7.34. The molecule has 182 valence electrons. The number of likely N-dealkylation sites (tertiary alicyclic amines) is 1. The third-order valence-electron chi connectivity index (χ3n) is 4.27. The Hall–Kier alpha value is -2.55. The molecule has 1 fully saturated rings. The highest BCUT2D eigenvalue weighted by Crippen LogP contribution is 2.29. The van der Waals surface area contributed by atoms with Gasteiger partial charge in [-0.25, -0.2) is 13.9 Å². The highest BCUT2D eigenvalue weighted by atomic mass is 32.2. The first-order valence-corrected chi connectivity index (χ1v) is 11.0. The quantitative estimate of drug-likeness (QED) is 0.594. The number of nitrogens with zero attached hydrogens (tertiary/aromatic N) is 5. The highest BCUT2D eigenvalue weighted by molar-refractivity contribution is 7.90. The number of hydroxylamine groups is 1. The van der Waals surface area contributed by atoms with Crippen LogP contribution in [0.3, 0.4) is 0 Å². The number of ether oxygens (including phenoxy) is 1. The van der Waals surface area contributed by atoms with Gasteiger partial charge in [0.15, 0.2) is 0 Å². The van der Waals surface area contributed by atoms with Crippen LogP contribution in [0.2, 0.25) is 0 Å². The summed E-state index contributed by atoms with van der Waals surface area (Å²) in [4.78, 5) is 29.9. The van der Waals surface area contributed by atoms with Crippen LogP contribution in [0.1, 0.15) is 33.6 Å². The molecule has 0 bridgehead atoms. The molecule has 1 unspecified atom stereocenters. The van der Waals surface area contributed by atoms with Gasteiger partial charge in [-0.05, 0) is 51.7 Å². The van der Waals surface area contributed by atoms with Crippen molar-refractivity contribution in [1.82, 2.24) is 19.1 Å². The van der Waals surface area contributed by atoms with E-state index >= 15 is 0 Å². The number of anilines is 1. The Labute approximate surface area is 183 Å². The average Bonchev–Trinajstić information content (AvgIpc) is 3.02. The molecule has 15 heteroatoms. The molecular formula is C17H26F3N5O6S. The summed E-state index contributed by atoms with van der Waals surface area (Å²) in [6, 6.07) is -0.780. The van der Waals surface area contributed by atoms with Crippen molar-refractivity contribution in [3.05, 3.63) is 12.4 Å². The molecule has 0 radical (unpaired) electrons. The number of alkyl halides is 3. The van der Waals surface area contributed by atoms with Crippen molar-refractivity contribution < 1.29 is 40.8 Å². The molecule has 1 amide bonds. The summed E-state index contributed by atoms with van der Waals surface area (Å²) in [5.74, 6) is -2.89. The van der Waals surface area contributed by atoms with Crippen LogP contribution < -0.4 is 4.31 Å². The minimum Gasteiger partial charge on any atom is -0.441 e. The smallest absolute Gasteiger partial charge is 0.441 e. The van der Waals surface area contributed by atoms with Gasteiger partial charge in [0.05, 0.1) is 17.9 Å². The molecule has 0 aromatic carbocycles. The largest absolute Gasteiger partial charge is 0.493 e. The number of likely N-dealkylation sites (N-methyl/N-ethyl adjacent to an activating group) is 1. The molecule has 1 aliphatic heterocycles. The lowest BCUT2D eigenvalue weighted by atomic mass is 10.1. The summed E-state index contributed by atoms with van der Waals surface area (Å²) in [6.07, 6.45) is -3.94. The molecule has 1 saturated heterocycles. The number of carbonyl (C=O) groups excluding carboxylic acids is 2. The van der Waals surface area contributed by atoms with Gasteiger partial charge in [0.1, 0.15) is 5.60 Å². The Morgan fingerprint density at radius 2 is 1.84 bits per heavy atom. The summed E-state index contributed by atoms with van der Waals surface area (Å²) in [5.41, 5.74) is -1.32. The van der Waals surface area contributed by atoms with Gasteiger partial charge in [-0.3, -0.25) is 4.68 Å². The number of halogens is 3. The van der Waals surface area contributed by atoms with E-state index in [1.807, 2.05) is 4.90 Å². The van der Waals surface area contributed by atoms with E-state index in [4.69, 9.17) is 4.74 Å². The molecule has 1 aliphatic rings. The normalized spacial score (nSPS) is 18.2. The van der Waals surface area contributed by atoms with Crippen LogP contribution in [0.15, 0.2) is 12.4 Å². The zero-order valence-corrected chi connectivity index (χ0v) is 19.1. The maximum absolute atomic E-state index is 13.5. The van der Waals surface area contributed by atoms with Gasteiger partial charge in [-0.15, -0.1) is 0 Å². The standard InChI is InChI=1S/C17H26F3N5O6S/c1-16(2,3)30-15(27)25(31-14(26)17(18,19)20)32(28,29)24(13-9-21-23(5)11-13)12-7-6-8-22(4)10-12/h9,11-12H,6-8,10H2,1-5H3. The monoisotopic (exact) mass is 485 g/mol. The van der Waals surface area contributed by atoms with Crippen LogP contribution in [-0.2, 0) is 31.6 Å². The molecular weight excluding hydrogens is 459 g/mol. The van der Waals surface area contributed by atoms with Crippen molar-refractivity contribution in [2.45, 2.75) is 51.4 Å². The summed E-state index contributed by atoms with van der Waals surface area (Å²) >= 11 is 0. The van der Waals surface area contributed by atoms with E-state index in [2.05, 4.69) is 9.94 Å². The third-order valence-corrected chi connectivity index (χ3v) is 5.92. The summed E-state index contributed by atoms with van der Waals surface area (Å²) < 4.78 is 71.8. The van der Waals surface area contributed by atoms with E-state index in [-0.39, 0.29) is 12.2 Å². The second-order valence-electron chi connectivity index (χ2n) is 8.32. The molecule has 32 heavy (non-hydrogen) atoms. The van der Waals surface area contributed by atoms with Gasteiger partial charge in [-0.2, -0.15) is 26.7 Å². The first-order chi connectivity index (χ1) is 14.5. The number of aromatic nitrogens is 2. The number of hydrogen-bond acceptors (Lipinski definition) is 8. The summed E-state index contributed by atoms with van der Waals surface area (Å²) in [5, 5.41) is 3.90. The minimum atomic E-state index is -5.56. The van der Waals surface area contributed by atoms with Crippen molar-refractivity contribution >= 4 is 28.0 Å². The number of hydrogen-bond donors (Lipinski definition) is 0. The van der Waals surface area contributed by atoms with Crippen LogP contribution in [0, 0.1) is 0 Å². The van der Waals surface area contributed by atoms with Crippen molar-refractivity contribution in [3.8, 4) is 0 Å². The van der Waals surface area contributed by atoms with Crippen molar-refractivity contribution in [3.63, 3.8) is 0 Å². The number of amides is 1. The van der Waals surface area contributed by atoms with Crippen molar-refractivity contribution in [1.29, 1.82) is 0 Å². The molecule has 0 saturated carbocycles. The van der Waals surface area contributed by atoms with Gasteiger partial charge in [0, 0.05) is 19.8 Å². The maximum atomic E-state index is 13.5. The highest BCUT2D eigenvalue weighted by Gasteiger charge is 2.49. The van der Waals surface area contributed by atoms with Gasteiger partial charge >= 0.3 is 28.4 Å². The zero-order chi connectivity index (χ0) is 24.5. The lowest BCUT2D eigenvalue weighted by Crippen LogP contribution is -2.56. The Balaban J connectivity index is 2.56. The Morgan fingerprint density at radius 3 is 2.31 bits per heavy atom. The molecule has 11 nitrogen and oxygen atoms in total. The van der Waals surface area contributed by atoms with Crippen LogP contribution in [0.4, 0.5) is 23.7 Å². The Morgan fingerprint density at radius 1 is 1.22 bits per heavy atom. The minimum absolute atomic E-state index is 0.0237. The van der Waals surface area contributed by atoms with Crippen LogP contribution in [0.5, 0.6) is 0 Å². The molecule has 0 spiro atoms. The second kappa shape index (κ2) is 9.13. The fourth-order valence-corrected chi connectivity index (χ4v) is 4.53. The molecule has 0 aliphatic carbocycles. The molecule has 1 atom stereocenters. The Bertz CT molecular complexity index is 943. The second-order valence-corrected chi connectivity index (χ2v) is 9.94. The van der Waals surface area contributed by atoms with Crippen LogP contribution in [0.25, 0.3) is 0 Å². The van der Waals surface area contributed by atoms with Crippen molar-refractivity contribution in [2.75, 3.05) is 24.4 Å². The lowest BCUT2D eigenvalue weighted by Gasteiger charge is -2.39. The van der Waals surface area contributed by atoms with E-state index in [0.29, 0.717) is 19.4 Å². The molecule has 2 rings (SSSR count). The SMILES string of the molecule is CN1CCCC(N(c2cnn(C)c2)S(=O)(=O)N(OC(=O)C(F)(F)F)C(=O)OC(C)(C)C)C1. The fraction of sp³-hybridized carbons (Fsp3) is 0.706. The predicted molar refractivity (Wildman–Crippen MR) is 105 cm³/mol. The van der Waals surface area contributed by atoms with E-state index in [0.717, 1.165) is 4.31 Å². The van der Waals surface area contributed by atoms with E-state index in [9.17, 15) is 31.2 Å². The molecule has 0 N–H and O–H groups in total. The summed E-state index contributed by atoms with van der Waals surface area (Å²) in [6.45, 7) is 5.00. The number of carbonyl (C=O) groups is 2. The molecule has 1 aromatic rings. The lowest BCUT2D eigenvalue weighted by molar-refractivity contribution is -0.219. The number of rotatable bonds is 4. The zero-order valence-electron chi connectivity index (χ0n) is 18.3. The van der Waals surface area contributed by atoms with Crippen molar-refractivity contribution in [2.24, 2.45) is 7.05 Å². The van der Waals surface area contributed by atoms with Crippen LogP contribution in [-0.4, -0.2) is 77.6 Å². The van der Waals surface area contributed by atoms with Gasteiger partial charge in [0.2, 0.25) is 0 Å². The average molecular weight is 485 g/mol. The summed E-state index contributed by atoms with van der Waals surface area (Å²) in [7, 11) is -1.93. The van der Waals surface area contributed by atoms with E-state index in [1.54, 1.807) is 7.05 Å². The molecule has 1 aromatic heterocycles. The predicted octanol–water partition coefficient (Wildman–Crippen LogP) is 1.82. The molecule has 2 heterocycles. The van der Waals surface area contributed by atoms with Gasteiger partial charge in [0.25, 0.3) is 0 Å². The van der Waals surface area contributed by atoms with Crippen LogP contribution >= 0.6 is 0 Å². The fourth-order valence-electron chi connectivity index (χ4n) is 3.07. The van der Waals surface area contributed by atoms with E-state index < -0.39 is 44.6 Å². The first kappa shape index (κ1) is 25.7. The third kappa shape index (κ3) is 6.25. The number of aryl methyl sites for hydroxylation is 1. The topological polar surface area (TPSA) is 114 Å². The van der Waals surface area contributed by atoms with E-state index in [1.165, 1.54) is 44.9 Å². The van der Waals surface area contributed by atoms with Gasteiger partial charge in [-0.1, -0.05) is 0 Å².